The molecule has 2 aromatic carbocycles. The quantitative estimate of drug-likeness (QED) is 0.474. The minimum absolute atomic E-state index is 0.211. The maximum absolute atomic E-state index is 5.99. The number of ether oxygens (including phenoxy) is 2. The minimum Gasteiger partial charge on any atom is -0.490 e. The number of aromatic nitrogens is 2. The third kappa shape index (κ3) is 4.78. The Morgan fingerprint density at radius 2 is 1.97 bits per heavy atom. The largest absolute Gasteiger partial charge is 0.490 e. The Bertz CT molecular complexity index is 1120. The number of piperazine rings is 1. The van der Waals surface area contributed by atoms with Crippen molar-refractivity contribution in [1.29, 1.82) is 0 Å². The molecule has 1 saturated heterocycles. The van der Waals surface area contributed by atoms with Crippen molar-refractivity contribution >= 4 is 26.7 Å². The standard InChI is InChI=1S/C24H24N4O2S/c1-2-5-18(6-3-1)16-29-20-8-9-22-23(13-20)31-24(27-22)28-12-11-26-14-19(28)17-30-21-7-4-10-25-15-21/h1-10,13,15,19,26H,11-12,14,16-17H2. The van der Waals surface area contributed by atoms with Gasteiger partial charge in [-0.25, -0.2) is 4.98 Å². The molecule has 6 nitrogen and oxygen atoms in total. The average Bonchev–Trinajstić information content (AvgIpc) is 3.26. The van der Waals surface area contributed by atoms with E-state index in [4.69, 9.17) is 14.5 Å². The lowest BCUT2D eigenvalue weighted by Gasteiger charge is -2.35. The minimum atomic E-state index is 0.211. The highest BCUT2D eigenvalue weighted by Gasteiger charge is 2.25. The van der Waals surface area contributed by atoms with Gasteiger partial charge < -0.3 is 19.7 Å². The first kappa shape index (κ1) is 19.8. The highest BCUT2D eigenvalue weighted by molar-refractivity contribution is 7.22. The second-order valence-electron chi connectivity index (χ2n) is 7.45. The normalized spacial score (nSPS) is 16.4. The first-order valence-electron chi connectivity index (χ1n) is 10.4. The Kier molecular flexibility index (Phi) is 5.95. The monoisotopic (exact) mass is 432 g/mol. The lowest BCUT2D eigenvalue weighted by atomic mass is 10.2. The van der Waals surface area contributed by atoms with Gasteiger partial charge in [0.25, 0.3) is 0 Å². The second kappa shape index (κ2) is 9.32. The summed E-state index contributed by atoms with van der Waals surface area (Å²) in [5, 5.41) is 4.49. The van der Waals surface area contributed by atoms with Gasteiger partial charge in [-0.3, -0.25) is 4.98 Å². The van der Waals surface area contributed by atoms with E-state index < -0.39 is 0 Å². The predicted molar refractivity (Wildman–Crippen MR) is 124 cm³/mol. The second-order valence-corrected chi connectivity index (χ2v) is 8.46. The third-order valence-corrected chi connectivity index (χ3v) is 6.32. The van der Waals surface area contributed by atoms with Crippen LogP contribution in [0.25, 0.3) is 10.2 Å². The Morgan fingerprint density at radius 3 is 2.84 bits per heavy atom. The Hall–Kier alpha value is -3.16. The van der Waals surface area contributed by atoms with Crippen LogP contribution >= 0.6 is 11.3 Å². The van der Waals surface area contributed by atoms with Crippen LogP contribution in [0, 0.1) is 0 Å². The smallest absolute Gasteiger partial charge is 0.186 e. The van der Waals surface area contributed by atoms with Gasteiger partial charge in [-0.15, -0.1) is 0 Å². The average molecular weight is 433 g/mol. The first-order valence-corrected chi connectivity index (χ1v) is 11.2. The topological polar surface area (TPSA) is 59.5 Å². The number of thiazole rings is 1. The van der Waals surface area contributed by atoms with E-state index in [9.17, 15) is 0 Å². The molecular formula is C24H24N4O2S. The number of rotatable bonds is 7. The lowest BCUT2D eigenvalue weighted by Crippen LogP contribution is -2.54. The predicted octanol–water partition coefficient (Wildman–Crippen LogP) is 4.13. The van der Waals surface area contributed by atoms with E-state index in [0.717, 1.165) is 52.0 Å². The Labute approximate surface area is 185 Å². The fourth-order valence-corrected chi connectivity index (χ4v) is 4.72. The van der Waals surface area contributed by atoms with E-state index in [1.807, 2.05) is 42.5 Å². The summed E-state index contributed by atoms with van der Waals surface area (Å²) in [6.45, 7) is 3.84. The molecule has 1 aliphatic heterocycles. The van der Waals surface area contributed by atoms with Crippen molar-refractivity contribution in [3.63, 3.8) is 0 Å². The summed E-state index contributed by atoms with van der Waals surface area (Å²) in [6.07, 6.45) is 3.50. The van der Waals surface area contributed by atoms with Gasteiger partial charge >= 0.3 is 0 Å². The van der Waals surface area contributed by atoms with Gasteiger partial charge in [0.15, 0.2) is 5.13 Å². The summed E-state index contributed by atoms with van der Waals surface area (Å²) in [5.74, 6) is 1.65. The highest BCUT2D eigenvalue weighted by Crippen LogP contribution is 2.33. The van der Waals surface area contributed by atoms with Crippen LogP contribution in [0.2, 0.25) is 0 Å². The molecule has 0 radical (unpaired) electrons. The number of anilines is 1. The summed E-state index contributed by atoms with van der Waals surface area (Å²) >= 11 is 1.70. The zero-order valence-corrected chi connectivity index (χ0v) is 17.9. The molecule has 7 heteroatoms. The first-order chi connectivity index (χ1) is 15.3. The number of hydrogen-bond acceptors (Lipinski definition) is 7. The van der Waals surface area contributed by atoms with E-state index in [1.54, 1.807) is 23.7 Å². The molecule has 5 rings (SSSR count). The number of pyridine rings is 1. The molecule has 4 aromatic rings. The lowest BCUT2D eigenvalue weighted by molar-refractivity contribution is 0.266. The Morgan fingerprint density at radius 1 is 1.03 bits per heavy atom. The van der Waals surface area contributed by atoms with Crippen molar-refractivity contribution in [2.45, 2.75) is 12.6 Å². The van der Waals surface area contributed by atoms with Crippen LogP contribution in [0.1, 0.15) is 5.56 Å². The van der Waals surface area contributed by atoms with E-state index in [1.165, 1.54) is 0 Å². The highest BCUT2D eigenvalue weighted by atomic mass is 32.1. The molecule has 1 atom stereocenters. The van der Waals surface area contributed by atoms with Crippen LogP contribution in [0.4, 0.5) is 5.13 Å². The molecular weight excluding hydrogens is 408 g/mol. The maximum atomic E-state index is 5.99. The summed E-state index contributed by atoms with van der Waals surface area (Å²) in [5.41, 5.74) is 2.15. The molecule has 0 amide bonds. The van der Waals surface area contributed by atoms with Crippen LogP contribution in [-0.4, -0.2) is 42.3 Å². The van der Waals surface area contributed by atoms with Gasteiger partial charge in [0.1, 0.15) is 24.7 Å². The molecule has 1 aliphatic rings. The van der Waals surface area contributed by atoms with Crippen LogP contribution in [0.15, 0.2) is 73.1 Å². The molecule has 2 aromatic heterocycles. The van der Waals surface area contributed by atoms with Crippen molar-refractivity contribution in [3.8, 4) is 11.5 Å². The van der Waals surface area contributed by atoms with Gasteiger partial charge in [0, 0.05) is 25.8 Å². The molecule has 0 saturated carbocycles. The number of hydrogen-bond donors (Lipinski definition) is 1. The molecule has 3 heterocycles. The van der Waals surface area contributed by atoms with E-state index in [0.29, 0.717) is 13.2 Å². The van der Waals surface area contributed by atoms with Gasteiger partial charge in [-0.2, -0.15) is 0 Å². The van der Waals surface area contributed by atoms with Crippen LogP contribution in [-0.2, 0) is 6.61 Å². The molecule has 31 heavy (non-hydrogen) atoms. The molecule has 1 fully saturated rings. The van der Waals surface area contributed by atoms with E-state index >= 15 is 0 Å². The number of benzene rings is 2. The third-order valence-electron chi connectivity index (χ3n) is 5.27. The van der Waals surface area contributed by atoms with Crippen molar-refractivity contribution in [1.82, 2.24) is 15.3 Å². The molecule has 1 unspecified atom stereocenters. The van der Waals surface area contributed by atoms with Crippen LogP contribution in [0.5, 0.6) is 11.5 Å². The number of nitrogens with one attached hydrogen (secondary N) is 1. The fourth-order valence-electron chi connectivity index (χ4n) is 3.63. The Balaban J connectivity index is 1.29. The van der Waals surface area contributed by atoms with Crippen molar-refractivity contribution in [2.75, 3.05) is 31.1 Å². The summed E-state index contributed by atoms with van der Waals surface area (Å²) in [4.78, 5) is 11.4. The van der Waals surface area contributed by atoms with Crippen LogP contribution < -0.4 is 19.7 Å². The summed E-state index contributed by atoms with van der Waals surface area (Å²) in [6, 6.07) is 20.4. The van der Waals surface area contributed by atoms with Crippen LogP contribution in [0.3, 0.4) is 0 Å². The van der Waals surface area contributed by atoms with Gasteiger partial charge in [0.05, 0.1) is 22.5 Å². The SMILES string of the molecule is c1ccc(COc2ccc3nc(N4CCNCC4COc4cccnc4)sc3c2)cc1. The van der Waals surface area contributed by atoms with E-state index in [2.05, 4.69) is 33.4 Å². The van der Waals surface area contributed by atoms with E-state index in [-0.39, 0.29) is 6.04 Å². The number of fused-ring (bicyclic) bond motifs is 1. The maximum Gasteiger partial charge on any atom is 0.186 e. The van der Waals surface area contributed by atoms with Gasteiger partial charge in [0.2, 0.25) is 0 Å². The molecule has 158 valence electrons. The van der Waals surface area contributed by atoms with Crippen molar-refractivity contribution < 1.29 is 9.47 Å². The summed E-state index contributed by atoms with van der Waals surface area (Å²) in [7, 11) is 0. The van der Waals surface area contributed by atoms with Crippen molar-refractivity contribution in [2.24, 2.45) is 0 Å². The van der Waals surface area contributed by atoms with Gasteiger partial charge in [-0.05, 0) is 35.9 Å². The van der Waals surface area contributed by atoms with Gasteiger partial charge in [-0.1, -0.05) is 41.7 Å². The van der Waals surface area contributed by atoms with Crippen molar-refractivity contribution in [3.05, 3.63) is 78.6 Å². The molecule has 0 aliphatic carbocycles. The fraction of sp³-hybridized carbons (Fsp3) is 0.250. The molecule has 1 N–H and O–H groups in total. The number of nitrogens with zero attached hydrogens (tertiary/aromatic N) is 3. The zero-order chi connectivity index (χ0) is 20.9. The zero-order valence-electron chi connectivity index (χ0n) is 17.1. The summed E-state index contributed by atoms with van der Waals surface area (Å²) < 4.78 is 13.1. The molecule has 0 bridgehead atoms. The molecule has 0 spiro atoms.